The number of amides is 1. The summed E-state index contributed by atoms with van der Waals surface area (Å²) < 4.78 is 26.6. The topological polar surface area (TPSA) is 120 Å². The smallest absolute Gasteiger partial charge is 0.343 e. The number of rotatable bonds is 4. The number of cyclic esters (lactones) is 1. The lowest BCUT2D eigenvalue weighted by molar-refractivity contribution is -0.172. The quantitative estimate of drug-likeness (QED) is 0.352. The summed E-state index contributed by atoms with van der Waals surface area (Å²) in [5.41, 5.74) is 2.43. The summed E-state index contributed by atoms with van der Waals surface area (Å²) in [6, 6.07) is 2.64. The Morgan fingerprint density at radius 1 is 1.22 bits per heavy atom. The molecule has 9 nitrogen and oxygen atoms in total. The maximum absolute atomic E-state index is 14.9. The normalized spacial score (nSPS) is 19.5. The van der Waals surface area contributed by atoms with E-state index < -0.39 is 11.6 Å². The SMILES string of the molecule is CC.CC.CC[C@@]1(O)C(=O)OCc2c1cc1n(c2=O)Cc2c-1nc1cc(F)c(C)c3c1c2[C@@H](NC(=O)COC)CC3. The first kappa shape index (κ1) is 30.3. The van der Waals surface area contributed by atoms with Gasteiger partial charge in [0.05, 0.1) is 35.1 Å². The van der Waals surface area contributed by atoms with Gasteiger partial charge in [0, 0.05) is 29.7 Å². The predicted octanol–water partition coefficient (Wildman–Crippen LogP) is 4.33. The molecule has 1 amide bonds. The Balaban J connectivity index is 0.000000929. The number of aliphatic hydroxyl groups is 1. The van der Waals surface area contributed by atoms with Gasteiger partial charge in [-0.2, -0.15) is 0 Å². The summed E-state index contributed by atoms with van der Waals surface area (Å²) in [6.45, 7) is 11.3. The molecule has 0 bridgehead atoms. The zero-order chi connectivity index (χ0) is 30.2. The molecule has 10 heteroatoms. The second-order valence-electron chi connectivity index (χ2n) is 9.90. The fraction of sp³-hybridized carbons (Fsp3) is 0.484. The molecule has 3 aliphatic rings. The van der Waals surface area contributed by atoms with Crippen molar-refractivity contribution in [3.8, 4) is 11.4 Å². The van der Waals surface area contributed by atoms with E-state index >= 15 is 0 Å². The van der Waals surface area contributed by atoms with Crippen LogP contribution in [0.2, 0.25) is 0 Å². The summed E-state index contributed by atoms with van der Waals surface area (Å²) in [4.78, 5) is 43.4. The van der Waals surface area contributed by atoms with E-state index in [1.807, 2.05) is 27.7 Å². The lowest BCUT2D eigenvalue weighted by Gasteiger charge is -2.31. The van der Waals surface area contributed by atoms with E-state index in [4.69, 9.17) is 14.5 Å². The van der Waals surface area contributed by atoms with Crippen LogP contribution in [0.25, 0.3) is 22.3 Å². The number of methoxy groups -OCH3 is 1. The number of nitrogens with zero attached hydrogens (tertiary/aromatic N) is 2. The van der Waals surface area contributed by atoms with Gasteiger partial charge in [-0.25, -0.2) is 14.2 Å². The minimum atomic E-state index is -1.94. The molecule has 41 heavy (non-hydrogen) atoms. The third-order valence-corrected chi connectivity index (χ3v) is 7.99. The summed E-state index contributed by atoms with van der Waals surface area (Å²) in [7, 11) is 1.45. The fourth-order valence-corrected chi connectivity index (χ4v) is 6.07. The monoisotopic (exact) mass is 567 g/mol. The van der Waals surface area contributed by atoms with E-state index in [1.54, 1.807) is 24.5 Å². The highest BCUT2D eigenvalue weighted by Crippen LogP contribution is 2.45. The first-order valence-corrected chi connectivity index (χ1v) is 14.3. The van der Waals surface area contributed by atoms with E-state index in [0.717, 1.165) is 22.1 Å². The van der Waals surface area contributed by atoms with E-state index in [2.05, 4.69) is 5.32 Å². The Hall–Kier alpha value is -3.63. The molecule has 0 unspecified atom stereocenters. The molecule has 0 spiro atoms. The number of esters is 1. The lowest BCUT2D eigenvalue weighted by atomic mass is 9.81. The number of fused-ring (bicyclic) bond motifs is 5. The van der Waals surface area contributed by atoms with E-state index in [9.17, 15) is 23.9 Å². The van der Waals surface area contributed by atoms with Crippen LogP contribution in [0, 0.1) is 12.7 Å². The zero-order valence-corrected chi connectivity index (χ0v) is 24.7. The molecule has 2 N–H and O–H groups in total. The minimum Gasteiger partial charge on any atom is -0.458 e. The second-order valence-corrected chi connectivity index (χ2v) is 9.90. The van der Waals surface area contributed by atoms with E-state index in [0.29, 0.717) is 35.3 Å². The van der Waals surface area contributed by atoms with Crippen molar-refractivity contribution in [2.24, 2.45) is 0 Å². The van der Waals surface area contributed by atoms with Crippen LogP contribution in [0.3, 0.4) is 0 Å². The highest BCUT2D eigenvalue weighted by Gasteiger charge is 2.46. The average molecular weight is 568 g/mol. The first-order valence-electron chi connectivity index (χ1n) is 14.3. The highest BCUT2D eigenvalue weighted by molar-refractivity contribution is 5.94. The number of halogens is 1. The molecular formula is C31H38FN3O6. The number of aryl methyl sites for hydroxylation is 1. The number of ether oxygens (including phenoxy) is 2. The number of hydrogen-bond donors (Lipinski definition) is 2. The number of benzene rings is 1. The molecule has 2 aliphatic heterocycles. The maximum atomic E-state index is 14.9. The number of nitrogens with one attached hydrogen (secondary N) is 1. The van der Waals surface area contributed by atoms with Gasteiger partial charge in [-0.3, -0.25) is 9.59 Å². The summed E-state index contributed by atoms with van der Waals surface area (Å²) in [6.07, 6.45) is 1.15. The van der Waals surface area contributed by atoms with Gasteiger partial charge in [0.1, 0.15) is 19.0 Å². The van der Waals surface area contributed by atoms with Crippen molar-refractivity contribution in [1.29, 1.82) is 0 Å². The number of hydrogen-bond acceptors (Lipinski definition) is 7. The molecule has 0 fully saturated rings. The summed E-state index contributed by atoms with van der Waals surface area (Å²) >= 11 is 0. The molecule has 0 saturated carbocycles. The van der Waals surface area contributed by atoms with Crippen LogP contribution in [0.4, 0.5) is 4.39 Å². The standard InChI is InChI=1S/C27H26FN3O6.2C2H6/c1-4-27(35)16-7-20-24-14(9-31(20)25(33)15(16)10-37-26(27)34)23-18(29-21(32)11-36-3)6-5-13-12(2)17(28)8-19(30-24)22(13)23;2*1-2/h7-8,18,35H,4-6,9-11H2,1-3H3,(H,29,32);2*1-2H3/t18-,27-;;/m0../s1. The van der Waals surface area contributed by atoms with Crippen molar-refractivity contribution < 1.29 is 28.6 Å². The molecule has 6 rings (SSSR count). The van der Waals surface area contributed by atoms with Gasteiger partial charge in [0.2, 0.25) is 5.91 Å². The predicted molar refractivity (Wildman–Crippen MR) is 153 cm³/mol. The molecule has 2 atom stereocenters. The fourth-order valence-electron chi connectivity index (χ4n) is 6.07. The Morgan fingerprint density at radius 2 is 1.93 bits per heavy atom. The molecule has 1 aliphatic carbocycles. The second kappa shape index (κ2) is 11.7. The number of aromatic nitrogens is 2. The van der Waals surface area contributed by atoms with Crippen LogP contribution in [0.5, 0.6) is 0 Å². The van der Waals surface area contributed by atoms with E-state index in [1.165, 1.54) is 13.2 Å². The summed E-state index contributed by atoms with van der Waals surface area (Å²) in [5.74, 6) is -1.44. The molecule has 2 aromatic heterocycles. The van der Waals surface area contributed by atoms with Crippen molar-refractivity contribution in [3.05, 3.63) is 61.7 Å². The zero-order valence-electron chi connectivity index (χ0n) is 24.7. The molecule has 3 aromatic rings. The van der Waals surface area contributed by atoms with Crippen molar-refractivity contribution in [2.45, 2.75) is 85.6 Å². The third-order valence-electron chi connectivity index (χ3n) is 7.99. The molecule has 220 valence electrons. The van der Waals surface area contributed by atoms with Crippen LogP contribution in [0.1, 0.15) is 86.9 Å². The van der Waals surface area contributed by atoms with Gasteiger partial charge in [0.25, 0.3) is 5.56 Å². The third kappa shape index (κ3) is 4.63. The Kier molecular flexibility index (Phi) is 8.65. The van der Waals surface area contributed by atoms with Crippen LogP contribution in [-0.2, 0) is 44.2 Å². The number of carbonyl (C=O) groups excluding carboxylic acids is 2. The lowest BCUT2D eigenvalue weighted by Crippen LogP contribution is -2.44. The number of pyridine rings is 2. The molecule has 0 radical (unpaired) electrons. The van der Waals surface area contributed by atoms with Gasteiger partial charge >= 0.3 is 5.97 Å². The maximum Gasteiger partial charge on any atom is 0.343 e. The molecule has 4 heterocycles. The Labute approximate surface area is 238 Å². The van der Waals surface area contributed by atoms with Crippen LogP contribution < -0.4 is 10.9 Å². The van der Waals surface area contributed by atoms with Crippen LogP contribution in [-0.4, -0.2) is 40.3 Å². The van der Waals surface area contributed by atoms with Gasteiger partial charge < -0.3 is 24.5 Å². The first-order chi connectivity index (χ1) is 19.7. The number of carbonyl (C=O) groups is 2. The van der Waals surface area contributed by atoms with Crippen molar-refractivity contribution >= 4 is 22.8 Å². The molecule has 1 aromatic carbocycles. The molecular weight excluding hydrogens is 529 g/mol. The van der Waals surface area contributed by atoms with Crippen molar-refractivity contribution in [1.82, 2.24) is 14.9 Å². The highest BCUT2D eigenvalue weighted by atomic mass is 19.1. The van der Waals surface area contributed by atoms with E-state index in [-0.39, 0.29) is 60.6 Å². The largest absolute Gasteiger partial charge is 0.458 e. The van der Waals surface area contributed by atoms with Gasteiger partial charge in [-0.15, -0.1) is 0 Å². The van der Waals surface area contributed by atoms with Gasteiger partial charge in [0.15, 0.2) is 5.60 Å². The Bertz CT molecular complexity index is 1600. The van der Waals surface area contributed by atoms with Gasteiger partial charge in [-0.05, 0) is 48.9 Å². The minimum absolute atomic E-state index is 0.0342. The molecule has 0 saturated heterocycles. The Morgan fingerprint density at radius 3 is 2.59 bits per heavy atom. The van der Waals surface area contributed by atoms with Crippen LogP contribution in [0.15, 0.2) is 16.9 Å². The van der Waals surface area contributed by atoms with Crippen LogP contribution >= 0.6 is 0 Å². The van der Waals surface area contributed by atoms with Crippen molar-refractivity contribution in [3.63, 3.8) is 0 Å². The van der Waals surface area contributed by atoms with Crippen molar-refractivity contribution in [2.75, 3.05) is 13.7 Å². The average Bonchev–Trinajstić information content (AvgIpc) is 3.35. The van der Waals surface area contributed by atoms with Gasteiger partial charge in [-0.1, -0.05) is 34.6 Å². The summed E-state index contributed by atoms with van der Waals surface area (Å²) in [5, 5.41) is 15.0.